The van der Waals surface area contributed by atoms with E-state index in [1.54, 1.807) is 30.1 Å². The molecule has 0 amide bonds. The number of halogens is 1. The fourth-order valence-electron chi connectivity index (χ4n) is 1.51. The van der Waals surface area contributed by atoms with Crippen LogP contribution in [0.15, 0.2) is 42.6 Å². The highest BCUT2D eigenvalue weighted by Crippen LogP contribution is 2.21. The standard InChI is InChI=1S/C13H11FN2O2/c1-16(11-5-3-10(14)4-6-11)12-7-2-9(8-15-12)13(17)18/h2-8H,1H3,(H,17,18). The van der Waals surface area contributed by atoms with E-state index in [2.05, 4.69) is 4.98 Å². The SMILES string of the molecule is CN(c1ccc(F)cc1)c1ccc(C(=O)O)cn1. The van der Waals surface area contributed by atoms with Crippen LogP contribution in [0.25, 0.3) is 0 Å². The van der Waals surface area contributed by atoms with Crippen molar-refractivity contribution in [2.45, 2.75) is 0 Å². The number of benzene rings is 1. The first-order chi connectivity index (χ1) is 8.58. The van der Waals surface area contributed by atoms with Crippen LogP contribution in [0.5, 0.6) is 0 Å². The molecule has 1 N–H and O–H groups in total. The van der Waals surface area contributed by atoms with Gasteiger partial charge in [0.05, 0.1) is 5.56 Å². The third-order valence-corrected chi connectivity index (χ3v) is 2.55. The van der Waals surface area contributed by atoms with E-state index in [0.29, 0.717) is 5.82 Å². The summed E-state index contributed by atoms with van der Waals surface area (Å²) in [6, 6.07) is 9.05. The molecule has 4 nitrogen and oxygen atoms in total. The monoisotopic (exact) mass is 246 g/mol. The number of pyridine rings is 1. The van der Waals surface area contributed by atoms with Crippen LogP contribution in [0.1, 0.15) is 10.4 Å². The molecule has 18 heavy (non-hydrogen) atoms. The Balaban J connectivity index is 2.25. The lowest BCUT2D eigenvalue weighted by Gasteiger charge is -2.18. The number of rotatable bonds is 3. The van der Waals surface area contributed by atoms with Crippen molar-refractivity contribution in [1.29, 1.82) is 0 Å². The number of hydrogen-bond acceptors (Lipinski definition) is 3. The number of carboxylic acid groups (broad SMARTS) is 1. The molecule has 0 radical (unpaired) electrons. The molecule has 0 atom stereocenters. The largest absolute Gasteiger partial charge is 0.478 e. The summed E-state index contributed by atoms with van der Waals surface area (Å²) in [6.07, 6.45) is 1.29. The van der Waals surface area contributed by atoms with Crippen molar-refractivity contribution in [2.75, 3.05) is 11.9 Å². The number of nitrogens with zero attached hydrogens (tertiary/aromatic N) is 2. The van der Waals surface area contributed by atoms with Crippen LogP contribution in [0, 0.1) is 5.82 Å². The van der Waals surface area contributed by atoms with Crippen molar-refractivity contribution >= 4 is 17.5 Å². The predicted octanol–water partition coefficient (Wildman–Crippen LogP) is 2.69. The molecule has 0 fully saturated rings. The summed E-state index contributed by atoms with van der Waals surface area (Å²) < 4.78 is 12.8. The topological polar surface area (TPSA) is 53.4 Å². The van der Waals surface area contributed by atoms with Crippen molar-refractivity contribution in [3.05, 3.63) is 54.0 Å². The summed E-state index contributed by atoms with van der Waals surface area (Å²) in [5.41, 5.74) is 0.901. The van der Waals surface area contributed by atoms with Gasteiger partial charge in [-0.05, 0) is 36.4 Å². The van der Waals surface area contributed by atoms with E-state index >= 15 is 0 Å². The zero-order valence-electron chi connectivity index (χ0n) is 9.67. The lowest BCUT2D eigenvalue weighted by atomic mass is 10.2. The Morgan fingerprint density at radius 3 is 2.39 bits per heavy atom. The van der Waals surface area contributed by atoms with Gasteiger partial charge in [-0.1, -0.05) is 0 Å². The molecule has 0 unspecified atom stereocenters. The minimum atomic E-state index is -1.02. The quantitative estimate of drug-likeness (QED) is 0.904. The van der Waals surface area contributed by atoms with E-state index in [1.165, 1.54) is 24.4 Å². The molecule has 0 aliphatic carbocycles. The molecule has 5 heteroatoms. The van der Waals surface area contributed by atoms with E-state index in [1.807, 2.05) is 0 Å². The third-order valence-electron chi connectivity index (χ3n) is 2.55. The number of aromatic nitrogens is 1. The zero-order valence-corrected chi connectivity index (χ0v) is 9.67. The molecule has 0 spiro atoms. The Labute approximate surface area is 103 Å². The number of carbonyl (C=O) groups is 1. The highest BCUT2D eigenvalue weighted by Gasteiger charge is 2.07. The van der Waals surface area contributed by atoms with E-state index in [4.69, 9.17) is 5.11 Å². The number of anilines is 2. The van der Waals surface area contributed by atoms with Crippen molar-refractivity contribution in [1.82, 2.24) is 4.98 Å². The van der Waals surface area contributed by atoms with Gasteiger partial charge in [-0.2, -0.15) is 0 Å². The summed E-state index contributed by atoms with van der Waals surface area (Å²) in [6.45, 7) is 0. The van der Waals surface area contributed by atoms with Crippen molar-refractivity contribution < 1.29 is 14.3 Å². The highest BCUT2D eigenvalue weighted by molar-refractivity contribution is 5.87. The average Bonchev–Trinajstić information content (AvgIpc) is 2.39. The lowest BCUT2D eigenvalue weighted by Crippen LogP contribution is -2.11. The minimum absolute atomic E-state index is 0.131. The Morgan fingerprint density at radius 2 is 1.89 bits per heavy atom. The second-order valence-electron chi connectivity index (χ2n) is 3.75. The Bertz CT molecular complexity index is 552. The molecule has 1 aromatic heterocycles. The number of hydrogen-bond donors (Lipinski definition) is 1. The summed E-state index contributed by atoms with van der Waals surface area (Å²) in [5, 5.41) is 8.77. The maximum absolute atomic E-state index is 12.8. The molecular weight excluding hydrogens is 235 g/mol. The van der Waals surface area contributed by atoms with Gasteiger partial charge in [0.1, 0.15) is 11.6 Å². The van der Waals surface area contributed by atoms with Crippen LogP contribution in [0.3, 0.4) is 0 Å². The van der Waals surface area contributed by atoms with Crippen LogP contribution in [0.4, 0.5) is 15.9 Å². The first-order valence-corrected chi connectivity index (χ1v) is 5.26. The Morgan fingerprint density at radius 1 is 1.22 bits per heavy atom. The molecule has 0 saturated carbocycles. The second-order valence-corrected chi connectivity index (χ2v) is 3.75. The molecule has 0 bridgehead atoms. The van der Waals surface area contributed by atoms with E-state index in [-0.39, 0.29) is 11.4 Å². The van der Waals surface area contributed by atoms with Crippen LogP contribution in [-0.4, -0.2) is 23.1 Å². The molecule has 2 rings (SSSR count). The lowest BCUT2D eigenvalue weighted by molar-refractivity contribution is 0.0696. The molecular formula is C13H11FN2O2. The van der Waals surface area contributed by atoms with Gasteiger partial charge in [-0.15, -0.1) is 0 Å². The van der Waals surface area contributed by atoms with E-state index < -0.39 is 5.97 Å². The van der Waals surface area contributed by atoms with Crippen LogP contribution < -0.4 is 4.90 Å². The molecule has 0 aliphatic rings. The fourth-order valence-corrected chi connectivity index (χ4v) is 1.51. The van der Waals surface area contributed by atoms with Gasteiger partial charge in [0, 0.05) is 18.9 Å². The smallest absolute Gasteiger partial charge is 0.337 e. The van der Waals surface area contributed by atoms with Crippen LogP contribution in [0.2, 0.25) is 0 Å². The normalized spacial score (nSPS) is 10.1. The van der Waals surface area contributed by atoms with Crippen molar-refractivity contribution in [2.24, 2.45) is 0 Å². The van der Waals surface area contributed by atoms with Crippen LogP contribution >= 0.6 is 0 Å². The van der Waals surface area contributed by atoms with Crippen molar-refractivity contribution in [3.8, 4) is 0 Å². The maximum atomic E-state index is 12.8. The van der Waals surface area contributed by atoms with E-state index in [0.717, 1.165) is 5.69 Å². The molecule has 0 aliphatic heterocycles. The highest BCUT2D eigenvalue weighted by atomic mass is 19.1. The molecule has 2 aromatic rings. The van der Waals surface area contributed by atoms with Gasteiger partial charge in [-0.3, -0.25) is 0 Å². The van der Waals surface area contributed by atoms with Gasteiger partial charge in [0.25, 0.3) is 0 Å². The van der Waals surface area contributed by atoms with Gasteiger partial charge in [0.15, 0.2) is 0 Å². The zero-order chi connectivity index (χ0) is 13.1. The fraction of sp³-hybridized carbons (Fsp3) is 0.0769. The van der Waals surface area contributed by atoms with Crippen LogP contribution in [-0.2, 0) is 0 Å². The first kappa shape index (κ1) is 12.0. The van der Waals surface area contributed by atoms with Gasteiger partial charge in [-0.25, -0.2) is 14.2 Å². The summed E-state index contributed by atoms with van der Waals surface area (Å²) in [7, 11) is 1.77. The summed E-state index contributed by atoms with van der Waals surface area (Å²) in [5.74, 6) is -0.730. The van der Waals surface area contributed by atoms with E-state index in [9.17, 15) is 9.18 Å². The Kier molecular flexibility index (Phi) is 3.23. The van der Waals surface area contributed by atoms with Gasteiger partial charge >= 0.3 is 5.97 Å². The van der Waals surface area contributed by atoms with Gasteiger partial charge in [0.2, 0.25) is 0 Å². The first-order valence-electron chi connectivity index (χ1n) is 5.26. The maximum Gasteiger partial charge on any atom is 0.337 e. The summed E-state index contributed by atoms with van der Waals surface area (Å²) >= 11 is 0. The van der Waals surface area contributed by atoms with Crippen molar-refractivity contribution in [3.63, 3.8) is 0 Å². The molecule has 1 aromatic carbocycles. The van der Waals surface area contributed by atoms with Gasteiger partial charge < -0.3 is 10.0 Å². The third kappa shape index (κ3) is 2.45. The Hall–Kier alpha value is -2.43. The predicted molar refractivity (Wildman–Crippen MR) is 65.7 cm³/mol. The minimum Gasteiger partial charge on any atom is -0.478 e. The number of aromatic carboxylic acids is 1. The second kappa shape index (κ2) is 4.83. The molecule has 0 saturated heterocycles. The number of carboxylic acids is 1. The summed E-state index contributed by atoms with van der Waals surface area (Å²) in [4.78, 5) is 16.5. The molecule has 1 heterocycles. The molecule has 92 valence electrons. The average molecular weight is 246 g/mol.